The van der Waals surface area contributed by atoms with Crippen molar-refractivity contribution in [2.75, 3.05) is 13.2 Å². The standard InChI is InChI=1S/C74H141NO5/c1-3-5-7-9-11-13-15-17-19-21-32-35-38-42-46-50-54-58-62-66-72(77)71(70-76)75-73(78)67-63-59-55-51-47-43-39-36-33-30-28-26-24-22-23-25-27-29-31-34-37-41-45-49-53-57-61-65-69-80-74(79)68-64-60-56-52-48-44-40-20-18-16-14-12-10-8-6-4-2/h20,22-23,40,62,66,71-72,76-77H,3-19,21,24-39,41-61,63-65,67-70H2,1-2H3,(H,75,78)/b23-22-,40-20-,66-62+. The summed E-state index contributed by atoms with van der Waals surface area (Å²) < 4.78 is 5.50. The molecule has 0 saturated carbocycles. The second kappa shape index (κ2) is 69.6. The van der Waals surface area contributed by atoms with Gasteiger partial charge in [-0.25, -0.2) is 0 Å². The lowest BCUT2D eigenvalue weighted by molar-refractivity contribution is -0.143. The Bertz CT molecular complexity index is 1300. The van der Waals surface area contributed by atoms with Crippen LogP contribution in [0, 0.1) is 0 Å². The number of nitrogens with one attached hydrogen (secondary N) is 1. The van der Waals surface area contributed by atoms with Gasteiger partial charge in [-0.1, -0.05) is 339 Å². The van der Waals surface area contributed by atoms with E-state index >= 15 is 0 Å². The van der Waals surface area contributed by atoms with Crippen LogP contribution < -0.4 is 5.32 Å². The third kappa shape index (κ3) is 65.2. The van der Waals surface area contributed by atoms with Gasteiger partial charge in [0.05, 0.1) is 25.4 Å². The van der Waals surface area contributed by atoms with E-state index in [2.05, 4.69) is 43.5 Å². The molecule has 1 amide bonds. The monoisotopic (exact) mass is 1120 g/mol. The number of unbranched alkanes of at least 4 members (excludes halogenated alkanes) is 53. The normalized spacial score (nSPS) is 12.7. The lowest BCUT2D eigenvalue weighted by Gasteiger charge is -2.20. The predicted molar refractivity (Wildman–Crippen MR) is 352 cm³/mol. The summed E-state index contributed by atoms with van der Waals surface area (Å²) in [5, 5.41) is 23.2. The number of carbonyl (C=O) groups is 2. The topological polar surface area (TPSA) is 95.9 Å². The molecule has 0 rings (SSSR count). The van der Waals surface area contributed by atoms with E-state index in [9.17, 15) is 19.8 Å². The number of hydrogen-bond donors (Lipinski definition) is 3. The van der Waals surface area contributed by atoms with Gasteiger partial charge < -0.3 is 20.3 Å². The summed E-state index contributed by atoms with van der Waals surface area (Å²) >= 11 is 0. The van der Waals surface area contributed by atoms with E-state index in [1.807, 2.05) is 6.08 Å². The summed E-state index contributed by atoms with van der Waals surface area (Å²) in [6.45, 7) is 4.93. The molecule has 6 nitrogen and oxygen atoms in total. The summed E-state index contributed by atoms with van der Waals surface area (Å²) in [5.74, 6) is -0.0560. The molecule has 0 heterocycles. The van der Waals surface area contributed by atoms with E-state index in [4.69, 9.17) is 4.74 Å². The largest absolute Gasteiger partial charge is 0.466 e. The van der Waals surface area contributed by atoms with Crippen LogP contribution in [0.5, 0.6) is 0 Å². The molecular formula is C74H141NO5. The third-order valence-corrected chi connectivity index (χ3v) is 16.9. The fraction of sp³-hybridized carbons (Fsp3) is 0.892. The van der Waals surface area contributed by atoms with Crippen LogP contribution in [0.3, 0.4) is 0 Å². The van der Waals surface area contributed by atoms with Crippen LogP contribution in [-0.2, 0) is 14.3 Å². The van der Waals surface area contributed by atoms with Gasteiger partial charge in [-0.2, -0.15) is 0 Å². The number of ether oxygens (including phenoxy) is 1. The molecule has 0 aromatic carbocycles. The first-order valence-electron chi connectivity index (χ1n) is 36.3. The summed E-state index contributed by atoms with van der Waals surface area (Å²) in [6.07, 6.45) is 89.4. The van der Waals surface area contributed by atoms with Gasteiger partial charge in [-0.15, -0.1) is 0 Å². The first-order valence-corrected chi connectivity index (χ1v) is 36.3. The van der Waals surface area contributed by atoms with Crippen molar-refractivity contribution < 1.29 is 24.5 Å². The summed E-state index contributed by atoms with van der Waals surface area (Å²) in [5.41, 5.74) is 0. The maximum Gasteiger partial charge on any atom is 0.305 e. The molecule has 3 N–H and O–H groups in total. The van der Waals surface area contributed by atoms with Gasteiger partial charge in [0, 0.05) is 12.8 Å². The van der Waals surface area contributed by atoms with Crippen molar-refractivity contribution in [3.63, 3.8) is 0 Å². The van der Waals surface area contributed by atoms with Crippen LogP contribution >= 0.6 is 0 Å². The Morgan fingerprint density at radius 1 is 0.338 bits per heavy atom. The fourth-order valence-corrected chi connectivity index (χ4v) is 11.3. The molecule has 0 aliphatic heterocycles. The van der Waals surface area contributed by atoms with E-state index < -0.39 is 12.1 Å². The highest BCUT2D eigenvalue weighted by Gasteiger charge is 2.18. The zero-order valence-corrected chi connectivity index (χ0v) is 54.1. The van der Waals surface area contributed by atoms with Gasteiger partial charge in [0.1, 0.15) is 0 Å². The Kier molecular flexibility index (Phi) is 67.9. The Balaban J connectivity index is 3.40. The Labute approximate surface area is 500 Å². The average molecular weight is 1120 g/mol. The molecule has 0 saturated heterocycles. The van der Waals surface area contributed by atoms with Crippen LogP contribution in [0.1, 0.15) is 399 Å². The summed E-state index contributed by atoms with van der Waals surface area (Å²) in [6, 6.07) is -0.629. The molecule has 0 aliphatic carbocycles. The third-order valence-electron chi connectivity index (χ3n) is 16.9. The summed E-state index contributed by atoms with van der Waals surface area (Å²) in [7, 11) is 0. The Morgan fingerprint density at radius 3 is 0.887 bits per heavy atom. The van der Waals surface area contributed by atoms with Crippen molar-refractivity contribution in [2.24, 2.45) is 0 Å². The molecular weight excluding hydrogens is 983 g/mol. The molecule has 0 bridgehead atoms. The zero-order chi connectivity index (χ0) is 57.8. The smallest absolute Gasteiger partial charge is 0.305 e. The molecule has 6 heteroatoms. The van der Waals surface area contributed by atoms with E-state index in [1.165, 1.54) is 327 Å². The fourth-order valence-electron chi connectivity index (χ4n) is 11.3. The molecule has 0 aromatic heterocycles. The van der Waals surface area contributed by atoms with Crippen LogP contribution in [0.2, 0.25) is 0 Å². The van der Waals surface area contributed by atoms with Crippen molar-refractivity contribution in [2.45, 2.75) is 411 Å². The second-order valence-electron chi connectivity index (χ2n) is 24.9. The Morgan fingerprint density at radius 2 is 0.588 bits per heavy atom. The maximum absolute atomic E-state index is 12.5. The van der Waals surface area contributed by atoms with E-state index in [-0.39, 0.29) is 18.5 Å². The van der Waals surface area contributed by atoms with E-state index in [0.29, 0.717) is 19.4 Å². The maximum atomic E-state index is 12.5. The van der Waals surface area contributed by atoms with Crippen molar-refractivity contribution >= 4 is 11.9 Å². The SMILES string of the molecule is CCCCCCCCC/C=C\CCCCCCCC(=O)OCCCCCCCCCCCCCC/C=C\CCCCCCCCCCCCCCC(=O)NC(CO)C(O)/C=C/CCCCCCCCCCCCCCCCCCC. The molecule has 0 spiro atoms. The first-order chi connectivity index (χ1) is 39.5. The highest BCUT2D eigenvalue weighted by Crippen LogP contribution is 2.18. The van der Waals surface area contributed by atoms with Crippen LogP contribution in [-0.4, -0.2) is 47.4 Å². The van der Waals surface area contributed by atoms with Gasteiger partial charge in [0.25, 0.3) is 0 Å². The van der Waals surface area contributed by atoms with Crippen molar-refractivity contribution in [1.82, 2.24) is 5.32 Å². The number of carbonyl (C=O) groups excluding carboxylic acids is 2. The molecule has 2 unspecified atom stereocenters. The van der Waals surface area contributed by atoms with Crippen LogP contribution in [0.15, 0.2) is 36.5 Å². The minimum atomic E-state index is -0.845. The average Bonchev–Trinajstić information content (AvgIpc) is 3.46. The molecule has 0 aliphatic rings. The predicted octanol–water partition coefficient (Wildman–Crippen LogP) is 23.5. The van der Waals surface area contributed by atoms with Crippen molar-refractivity contribution in [1.29, 1.82) is 0 Å². The number of allylic oxidation sites excluding steroid dienone is 5. The minimum absolute atomic E-state index is 0.00860. The number of rotatable bonds is 68. The van der Waals surface area contributed by atoms with Gasteiger partial charge in [0.2, 0.25) is 5.91 Å². The second-order valence-corrected chi connectivity index (χ2v) is 24.9. The lowest BCUT2D eigenvalue weighted by Crippen LogP contribution is -2.45. The molecule has 0 fully saturated rings. The zero-order valence-electron chi connectivity index (χ0n) is 54.1. The number of hydrogen-bond acceptors (Lipinski definition) is 5. The van der Waals surface area contributed by atoms with E-state index in [0.717, 1.165) is 44.9 Å². The van der Waals surface area contributed by atoms with Gasteiger partial charge in [-0.3, -0.25) is 9.59 Å². The van der Waals surface area contributed by atoms with E-state index in [1.54, 1.807) is 6.08 Å². The van der Waals surface area contributed by atoms with Crippen LogP contribution in [0.25, 0.3) is 0 Å². The highest BCUT2D eigenvalue weighted by molar-refractivity contribution is 5.76. The number of aliphatic hydroxyl groups excluding tert-OH is 2. The van der Waals surface area contributed by atoms with Gasteiger partial charge >= 0.3 is 5.97 Å². The molecule has 472 valence electrons. The van der Waals surface area contributed by atoms with Crippen LogP contribution in [0.4, 0.5) is 0 Å². The Hall–Kier alpha value is -1.92. The van der Waals surface area contributed by atoms with Gasteiger partial charge in [0.15, 0.2) is 0 Å². The molecule has 2 atom stereocenters. The molecule has 0 aromatic rings. The van der Waals surface area contributed by atoms with Crippen molar-refractivity contribution in [3.8, 4) is 0 Å². The molecule has 80 heavy (non-hydrogen) atoms. The van der Waals surface area contributed by atoms with Gasteiger partial charge in [-0.05, 0) is 83.5 Å². The number of aliphatic hydroxyl groups is 2. The quantitative estimate of drug-likeness (QED) is 0.0320. The number of amides is 1. The summed E-state index contributed by atoms with van der Waals surface area (Å²) in [4.78, 5) is 24.6. The highest BCUT2D eigenvalue weighted by atomic mass is 16.5. The number of esters is 1. The lowest BCUT2D eigenvalue weighted by atomic mass is 10.0. The molecule has 0 radical (unpaired) electrons. The first kappa shape index (κ1) is 78.1. The van der Waals surface area contributed by atoms with Crippen molar-refractivity contribution in [3.05, 3.63) is 36.5 Å². The minimum Gasteiger partial charge on any atom is -0.466 e.